The third kappa shape index (κ3) is 5.00. The zero-order valence-electron chi connectivity index (χ0n) is 15.8. The van der Waals surface area contributed by atoms with Crippen LogP contribution in [-0.4, -0.2) is 25.7 Å². The van der Waals surface area contributed by atoms with Crippen molar-refractivity contribution in [1.29, 1.82) is 0 Å². The van der Waals surface area contributed by atoms with Gasteiger partial charge < -0.3 is 14.8 Å². The lowest BCUT2D eigenvalue weighted by Gasteiger charge is -2.15. The lowest BCUT2D eigenvalue weighted by Crippen LogP contribution is -2.36. The Morgan fingerprint density at radius 2 is 1.74 bits per heavy atom. The number of ether oxygens (including phenoxy) is 2. The van der Waals surface area contributed by atoms with E-state index in [0.717, 1.165) is 34.9 Å². The summed E-state index contributed by atoms with van der Waals surface area (Å²) in [6.45, 7) is 2.37. The minimum atomic E-state index is -0.544. The molecule has 0 aliphatic heterocycles. The molecule has 1 N–H and O–H groups in total. The van der Waals surface area contributed by atoms with Crippen molar-refractivity contribution < 1.29 is 14.3 Å². The Morgan fingerprint density at radius 1 is 1.00 bits per heavy atom. The topological polar surface area (TPSA) is 47.6 Å². The Morgan fingerprint density at radius 3 is 2.56 bits per heavy atom. The number of hydrogen-bond donors (Lipinski definition) is 1. The number of carbonyl (C=O) groups excluding carboxylic acids is 1. The second kappa shape index (κ2) is 9.08. The van der Waals surface area contributed by atoms with Gasteiger partial charge in [0.1, 0.15) is 11.5 Å². The average molecular weight is 363 g/mol. The Hall–Kier alpha value is -3.01. The number of methoxy groups -OCH3 is 1. The molecule has 0 heterocycles. The zero-order valence-corrected chi connectivity index (χ0v) is 15.8. The second-order valence-corrected chi connectivity index (χ2v) is 6.48. The zero-order chi connectivity index (χ0) is 19.1. The number of hydrogen-bond acceptors (Lipinski definition) is 3. The second-order valence-electron chi connectivity index (χ2n) is 6.48. The minimum absolute atomic E-state index is 0.108. The molecule has 0 saturated heterocycles. The minimum Gasteiger partial charge on any atom is -0.496 e. The summed E-state index contributed by atoms with van der Waals surface area (Å²) in [5.41, 5.74) is 1.15. The van der Waals surface area contributed by atoms with Crippen LogP contribution in [0.25, 0.3) is 10.8 Å². The van der Waals surface area contributed by atoms with Gasteiger partial charge in [0.25, 0.3) is 5.91 Å². The van der Waals surface area contributed by atoms with Crippen molar-refractivity contribution in [3.63, 3.8) is 0 Å². The predicted octanol–water partition coefficient (Wildman–Crippen LogP) is 4.36. The van der Waals surface area contributed by atoms with Gasteiger partial charge >= 0.3 is 0 Å². The smallest absolute Gasteiger partial charge is 0.260 e. The molecule has 0 aliphatic carbocycles. The SMILES string of the molecule is COc1ccccc1CCCNC(=O)[C@H](C)Oc1ccc2ccccc2c1. The van der Waals surface area contributed by atoms with Gasteiger partial charge in [0, 0.05) is 6.54 Å². The lowest BCUT2D eigenvalue weighted by atomic mass is 10.1. The Labute approximate surface area is 160 Å². The molecule has 0 aromatic heterocycles. The fourth-order valence-corrected chi connectivity index (χ4v) is 3.04. The summed E-state index contributed by atoms with van der Waals surface area (Å²) in [5, 5.41) is 5.19. The maximum Gasteiger partial charge on any atom is 0.260 e. The van der Waals surface area contributed by atoms with Gasteiger partial charge in [0.05, 0.1) is 7.11 Å². The van der Waals surface area contributed by atoms with Crippen LogP contribution < -0.4 is 14.8 Å². The van der Waals surface area contributed by atoms with Crippen molar-refractivity contribution in [1.82, 2.24) is 5.32 Å². The Kier molecular flexibility index (Phi) is 6.31. The van der Waals surface area contributed by atoms with Gasteiger partial charge in [-0.1, -0.05) is 48.5 Å². The molecule has 0 radical (unpaired) electrons. The third-order valence-electron chi connectivity index (χ3n) is 4.52. The van der Waals surface area contributed by atoms with E-state index in [2.05, 4.69) is 11.4 Å². The standard InChI is InChI=1S/C23H25NO3/c1-17(27-21-14-13-18-8-3-4-10-20(18)16-21)23(25)24-15-7-11-19-9-5-6-12-22(19)26-2/h3-6,8-10,12-14,16-17H,7,11,15H2,1-2H3,(H,24,25)/t17-/m0/s1. The van der Waals surface area contributed by atoms with Crippen LogP contribution in [0.1, 0.15) is 18.9 Å². The van der Waals surface area contributed by atoms with Crippen LogP contribution in [0.5, 0.6) is 11.5 Å². The number of carbonyl (C=O) groups is 1. The van der Waals surface area contributed by atoms with Gasteiger partial charge in [-0.3, -0.25) is 4.79 Å². The molecule has 3 aromatic carbocycles. The summed E-state index contributed by atoms with van der Waals surface area (Å²) in [6.07, 6.45) is 1.15. The number of para-hydroxylation sites is 1. The lowest BCUT2D eigenvalue weighted by molar-refractivity contribution is -0.127. The number of fused-ring (bicyclic) bond motifs is 1. The highest BCUT2D eigenvalue weighted by molar-refractivity contribution is 5.84. The third-order valence-corrected chi connectivity index (χ3v) is 4.52. The molecule has 1 atom stereocenters. The molecule has 1 amide bonds. The Bertz CT molecular complexity index is 907. The van der Waals surface area contributed by atoms with Crippen molar-refractivity contribution in [2.45, 2.75) is 25.9 Å². The van der Waals surface area contributed by atoms with Crippen LogP contribution in [0.15, 0.2) is 66.7 Å². The van der Waals surface area contributed by atoms with E-state index in [-0.39, 0.29) is 5.91 Å². The molecule has 27 heavy (non-hydrogen) atoms. The normalized spacial score (nSPS) is 11.8. The van der Waals surface area contributed by atoms with Crippen molar-refractivity contribution in [3.05, 3.63) is 72.3 Å². The molecule has 3 rings (SSSR count). The van der Waals surface area contributed by atoms with E-state index in [9.17, 15) is 4.79 Å². The van der Waals surface area contributed by atoms with Gasteiger partial charge in [-0.25, -0.2) is 0 Å². The van der Waals surface area contributed by atoms with Gasteiger partial charge in [-0.2, -0.15) is 0 Å². The van der Waals surface area contributed by atoms with E-state index in [1.165, 1.54) is 0 Å². The van der Waals surface area contributed by atoms with E-state index < -0.39 is 6.10 Å². The highest BCUT2D eigenvalue weighted by Crippen LogP contribution is 2.21. The van der Waals surface area contributed by atoms with E-state index >= 15 is 0 Å². The molecule has 0 unspecified atom stereocenters. The highest BCUT2D eigenvalue weighted by atomic mass is 16.5. The van der Waals surface area contributed by atoms with Gasteiger partial charge in [0.2, 0.25) is 0 Å². The van der Waals surface area contributed by atoms with E-state index in [1.54, 1.807) is 14.0 Å². The molecular weight excluding hydrogens is 338 g/mol. The van der Waals surface area contributed by atoms with Gasteiger partial charge in [0.15, 0.2) is 6.10 Å². The first-order chi connectivity index (χ1) is 13.2. The van der Waals surface area contributed by atoms with E-state index in [1.807, 2.05) is 60.7 Å². The van der Waals surface area contributed by atoms with Crippen LogP contribution in [0.4, 0.5) is 0 Å². The van der Waals surface area contributed by atoms with Crippen LogP contribution in [0, 0.1) is 0 Å². The van der Waals surface area contributed by atoms with Crippen molar-refractivity contribution in [2.24, 2.45) is 0 Å². The van der Waals surface area contributed by atoms with Crippen LogP contribution in [0.2, 0.25) is 0 Å². The molecule has 0 spiro atoms. The summed E-state index contributed by atoms with van der Waals surface area (Å²) < 4.78 is 11.2. The molecule has 0 bridgehead atoms. The van der Waals surface area contributed by atoms with Gasteiger partial charge in [-0.15, -0.1) is 0 Å². The monoisotopic (exact) mass is 363 g/mol. The summed E-state index contributed by atoms with van der Waals surface area (Å²) in [6, 6.07) is 21.9. The molecule has 140 valence electrons. The predicted molar refractivity (Wildman–Crippen MR) is 108 cm³/mol. The van der Waals surface area contributed by atoms with E-state index in [4.69, 9.17) is 9.47 Å². The van der Waals surface area contributed by atoms with Crippen molar-refractivity contribution >= 4 is 16.7 Å². The molecule has 0 saturated carbocycles. The molecule has 0 fully saturated rings. The van der Waals surface area contributed by atoms with Crippen LogP contribution in [-0.2, 0) is 11.2 Å². The number of nitrogens with one attached hydrogen (secondary N) is 1. The number of aryl methyl sites for hydroxylation is 1. The average Bonchev–Trinajstić information content (AvgIpc) is 2.71. The maximum atomic E-state index is 12.3. The summed E-state index contributed by atoms with van der Waals surface area (Å²) >= 11 is 0. The first kappa shape index (κ1) is 18.8. The number of benzene rings is 3. The fourth-order valence-electron chi connectivity index (χ4n) is 3.04. The largest absolute Gasteiger partial charge is 0.496 e. The summed E-state index contributed by atoms with van der Waals surface area (Å²) in [7, 11) is 1.67. The first-order valence-electron chi connectivity index (χ1n) is 9.22. The van der Waals surface area contributed by atoms with Crippen LogP contribution >= 0.6 is 0 Å². The Balaban J connectivity index is 1.47. The summed E-state index contributed by atoms with van der Waals surface area (Å²) in [4.78, 5) is 12.3. The number of rotatable bonds is 8. The molecular formula is C23H25NO3. The van der Waals surface area contributed by atoms with Crippen LogP contribution in [0.3, 0.4) is 0 Å². The van der Waals surface area contributed by atoms with Gasteiger partial charge in [-0.05, 0) is 54.3 Å². The quantitative estimate of drug-likeness (QED) is 0.605. The first-order valence-corrected chi connectivity index (χ1v) is 9.22. The fraction of sp³-hybridized carbons (Fsp3) is 0.261. The molecule has 4 heteroatoms. The molecule has 0 aliphatic rings. The van der Waals surface area contributed by atoms with E-state index in [0.29, 0.717) is 12.3 Å². The van der Waals surface area contributed by atoms with Crippen molar-refractivity contribution in [3.8, 4) is 11.5 Å². The molecule has 3 aromatic rings. The highest BCUT2D eigenvalue weighted by Gasteiger charge is 2.14. The van der Waals surface area contributed by atoms with Crippen molar-refractivity contribution in [2.75, 3.05) is 13.7 Å². The summed E-state index contributed by atoms with van der Waals surface area (Å²) in [5.74, 6) is 1.48. The maximum absolute atomic E-state index is 12.3. The number of amides is 1. The molecule has 4 nitrogen and oxygen atoms in total.